The van der Waals surface area contributed by atoms with Gasteiger partial charge in [-0.05, 0) is 58.9 Å². The number of cyclic esters (lactones) is 1. The molecule has 2 heterocycles. The van der Waals surface area contributed by atoms with Gasteiger partial charge in [-0.3, -0.25) is 0 Å². The molecule has 1 aliphatic heterocycles. The number of carbonyl (C=O) groups is 1. The number of benzene rings is 1. The van der Waals surface area contributed by atoms with E-state index in [2.05, 4.69) is 4.98 Å². The molecule has 0 bridgehead atoms. The molecule has 3 rings (SSSR count). The topological polar surface area (TPSA) is 57.7 Å². The first kappa shape index (κ1) is 21.4. The number of carbonyl (C=O) groups excluding carboxylic acids is 1. The smallest absolute Gasteiger partial charge is 0.357 e. The first-order chi connectivity index (χ1) is 13.5. The summed E-state index contributed by atoms with van der Waals surface area (Å²) in [6.45, 7) is 9.32. The van der Waals surface area contributed by atoms with E-state index in [1.807, 2.05) is 34.6 Å². The molecule has 0 saturated carbocycles. The molecule has 1 aliphatic rings. The van der Waals surface area contributed by atoms with E-state index in [4.69, 9.17) is 26.4 Å². The van der Waals surface area contributed by atoms with Gasteiger partial charge < -0.3 is 14.2 Å². The molecule has 0 spiro atoms. The highest BCUT2D eigenvalue weighted by molar-refractivity contribution is 7.79. The van der Waals surface area contributed by atoms with Gasteiger partial charge in [0.15, 0.2) is 0 Å². The summed E-state index contributed by atoms with van der Waals surface area (Å²) < 4.78 is 29.8. The molecular formula is C21H22FNO4S2. The normalized spacial score (nSPS) is 17.7. The molecule has 0 fully saturated rings. The average molecular weight is 436 g/mol. The van der Waals surface area contributed by atoms with Gasteiger partial charge in [-0.25, -0.2) is 14.2 Å². The maximum absolute atomic E-state index is 13.3. The summed E-state index contributed by atoms with van der Waals surface area (Å²) in [4.78, 5) is 18.4. The van der Waals surface area contributed by atoms with Crippen molar-refractivity contribution in [3.63, 3.8) is 0 Å². The van der Waals surface area contributed by atoms with Crippen LogP contribution in [0, 0.1) is 18.2 Å². The van der Waals surface area contributed by atoms with Crippen molar-refractivity contribution in [2.75, 3.05) is 7.11 Å². The van der Waals surface area contributed by atoms with Gasteiger partial charge in [0, 0.05) is 22.7 Å². The maximum atomic E-state index is 13.3. The van der Waals surface area contributed by atoms with Gasteiger partial charge >= 0.3 is 11.2 Å². The summed E-state index contributed by atoms with van der Waals surface area (Å²) in [6.07, 6.45) is 0. The van der Waals surface area contributed by atoms with Crippen LogP contribution in [0.25, 0.3) is 16.1 Å². The Morgan fingerprint density at radius 3 is 2.41 bits per heavy atom. The summed E-state index contributed by atoms with van der Waals surface area (Å²) >= 11 is 6.50. The number of hydrogen-bond donors (Lipinski definition) is 0. The molecule has 29 heavy (non-hydrogen) atoms. The molecule has 2 aromatic rings. The third-order valence-corrected chi connectivity index (χ3v) is 6.60. The Morgan fingerprint density at radius 1 is 1.21 bits per heavy atom. The van der Waals surface area contributed by atoms with E-state index in [0.717, 1.165) is 10.4 Å². The third kappa shape index (κ3) is 3.79. The van der Waals surface area contributed by atoms with Gasteiger partial charge in [-0.2, -0.15) is 0 Å². The fraction of sp³-hybridized carbons (Fsp3) is 0.381. The van der Waals surface area contributed by atoms with Gasteiger partial charge in [0.05, 0.1) is 18.2 Å². The second-order valence-electron chi connectivity index (χ2n) is 7.72. The molecule has 0 saturated heterocycles. The molecule has 0 atom stereocenters. The Kier molecular flexibility index (Phi) is 5.53. The summed E-state index contributed by atoms with van der Waals surface area (Å²) in [5, 5.41) is 0.567. The van der Waals surface area contributed by atoms with Crippen LogP contribution in [-0.4, -0.2) is 28.9 Å². The van der Waals surface area contributed by atoms with Crippen molar-refractivity contribution >= 4 is 40.3 Å². The molecular weight excluding hydrogens is 413 g/mol. The van der Waals surface area contributed by atoms with Crippen molar-refractivity contribution in [2.45, 2.75) is 40.2 Å². The number of hydrogen-bond acceptors (Lipinski definition) is 7. The zero-order valence-electron chi connectivity index (χ0n) is 17.1. The van der Waals surface area contributed by atoms with Crippen LogP contribution in [0.2, 0.25) is 0 Å². The van der Waals surface area contributed by atoms with E-state index in [1.54, 1.807) is 12.1 Å². The molecule has 0 N–H and O–H groups in total. The van der Waals surface area contributed by atoms with Crippen molar-refractivity contribution in [1.82, 2.24) is 4.98 Å². The van der Waals surface area contributed by atoms with Crippen LogP contribution in [0.1, 0.15) is 38.3 Å². The lowest BCUT2D eigenvalue weighted by Crippen LogP contribution is -2.49. The van der Waals surface area contributed by atoms with Crippen molar-refractivity contribution in [3.05, 3.63) is 46.4 Å². The van der Waals surface area contributed by atoms with Crippen LogP contribution >= 0.6 is 23.6 Å². The zero-order chi connectivity index (χ0) is 21.6. The Hall–Kier alpha value is -2.32. The maximum Gasteiger partial charge on any atom is 0.357 e. The van der Waals surface area contributed by atoms with Crippen LogP contribution in [0.3, 0.4) is 0 Å². The van der Waals surface area contributed by atoms with Gasteiger partial charge in [0.1, 0.15) is 27.8 Å². The summed E-state index contributed by atoms with van der Waals surface area (Å²) in [6, 6.07) is 6.04. The molecule has 1 aromatic carbocycles. The van der Waals surface area contributed by atoms with Crippen LogP contribution in [0.5, 0.6) is 0 Å². The van der Waals surface area contributed by atoms with Crippen molar-refractivity contribution in [2.24, 2.45) is 5.41 Å². The third-order valence-electron chi connectivity index (χ3n) is 5.33. The zero-order valence-corrected chi connectivity index (χ0v) is 18.7. The number of ether oxygens (including phenoxy) is 3. The summed E-state index contributed by atoms with van der Waals surface area (Å²) in [5.74, 6) is -0.513. The lowest BCUT2D eigenvalue weighted by Gasteiger charge is -2.45. The molecule has 154 valence electrons. The lowest BCUT2D eigenvalue weighted by atomic mass is 9.72. The van der Waals surface area contributed by atoms with Crippen molar-refractivity contribution in [1.29, 1.82) is 0 Å². The molecule has 1 aromatic heterocycles. The van der Waals surface area contributed by atoms with Gasteiger partial charge in [-0.1, -0.05) is 0 Å². The first-order valence-electron chi connectivity index (χ1n) is 8.95. The number of esters is 1. The van der Waals surface area contributed by atoms with Crippen molar-refractivity contribution < 1.29 is 23.4 Å². The van der Waals surface area contributed by atoms with Crippen molar-refractivity contribution in [3.8, 4) is 10.6 Å². The summed E-state index contributed by atoms with van der Waals surface area (Å²) in [5.41, 5.74) is -0.112. The van der Waals surface area contributed by atoms with E-state index in [0.29, 0.717) is 16.5 Å². The minimum atomic E-state index is -0.837. The molecule has 0 radical (unpaired) electrons. The predicted octanol–water partition coefficient (Wildman–Crippen LogP) is 5.28. The SMILES string of the molecule is COC(=S)OC1=C(c2nc(-c3ccc(F)cc3)sc2C)C(=O)OC(C)(C)C1(C)C. The summed E-state index contributed by atoms with van der Waals surface area (Å²) in [7, 11) is 1.41. The highest BCUT2D eigenvalue weighted by Crippen LogP contribution is 2.49. The average Bonchev–Trinajstić information content (AvgIpc) is 3.01. The number of nitrogens with zero attached hydrogens (tertiary/aromatic N) is 1. The fourth-order valence-corrected chi connectivity index (χ4v) is 3.95. The minimum Gasteiger partial charge on any atom is -0.460 e. The van der Waals surface area contributed by atoms with Crippen LogP contribution in [-0.2, 0) is 19.0 Å². The number of thiocarbonyl (C=S) groups is 1. The van der Waals surface area contributed by atoms with E-state index < -0.39 is 17.0 Å². The van der Waals surface area contributed by atoms with E-state index in [-0.39, 0.29) is 16.6 Å². The molecule has 0 aliphatic carbocycles. The predicted molar refractivity (Wildman–Crippen MR) is 114 cm³/mol. The number of methoxy groups -OCH3 is 1. The van der Waals surface area contributed by atoms with E-state index >= 15 is 0 Å². The van der Waals surface area contributed by atoms with Crippen LogP contribution in [0.15, 0.2) is 30.0 Å². The number of halogens is 1. The minimum absolute atomic E-state index is 0.0947. The number of thiazole rings is 1. The van der Waals surface area contributed by atoms with Crippen LogP contribution in [0.4, 0.5) is 4.39 Å². The Bertz CT molecular complexity index is 1010. The Balaban J connectivity index is 2.20. The second kappa shape index (κ2) is 7.50. The number of aromatic nitrogens is 1. The molecule has 5 nitrogen and oxygen atoms in total. The highest BCUT2D eigenvalue weighted by Gasteiger charge is 2.52. The Morgan fingerprint density at radius 2 is 1.83 bits per heavy atom. The standard InChI is InChI=1S/C21H22FNO4S2/c1-11-15(23-17(29-11)12-7-9-13(22)10-8-12)14-16(26-19(28)25-6)20(2,3)21(4,5)27-18(14)24/h7-10H,1-6H3. The monoisotopic (exact) mass is 435 g/mol. The highest BCUT2D eigenvalue weighted by atomic mass is 32.1. The fourth-order valence-electron chi connectivity index (χ4n) is 2.94. The van der Waals surface area contributed by atoms with Gasteiger partial charge in [0.2, 0.25) is 0 Å². The quantitative estimate of drug-likeness (QED) is 0.483. The first-order valence-corrected chi connectivity index (χ1v) is 10.2. The van der Waals surface area contributed by atoms with E-state index in [9.17, 15) is 9.18 Å². The molecule has 0 unspecified atom stereocenters. The molecule has 8 heteroatoms. The van der Waals surface area contributed by atoms with Crippen LogP contribution < -0.4 is 0 Å². The van der Waals surface area contributed by atoms with Gasteiger partial charge in [0.25, 0.3) is 0 Å². The number of aryl methyl sites for hydroxylation is 1. The van der Waals surface area contributed by atoms with E-state index in [1.165, 1.54) is 30.6 Å². The molecule has 0 amide bonds. The second-order valence-corrected chi connectivity index (χ2v) is 9.25. The Labute approximate surface area is 178 Å². The largest absolute Gasteiger partial charge is 0.460 e. The van der Waals surface area contributed by atoms with Gasteiger partial charge in [-0.15, -0.1) is 11.3 Å². The number of rotatable bonds is 3. The lowest BCUT2D eigenvalue weighted by molar-refractivity contribution is -0.164.